The number of benzene rings is 1. The molecule has 0 amide bonds. The Hall–Kier alpha value is -3.05. The second-order valence-corrected chi connectivity index (χ2v) is 6.63. The van der Waals surface area contributed by atoms with Crippen LogP contribution in [0.3, 0.4) is 0 Å². The number of methoxy groups -OCH3 is 1. The zero-order chi connectivity index (χ0) is 18.6. The molecule has 0 saturated heterocycles. The molecule has 1 aromatic carbocycles. The second-order valence-electron chi connectivity index (χ2n) is 6.22. The number of nitrogens with one attached hydrogen (secondary N) is 2. The molecule has 0 aliphatic heterocycles. The van der Waals surface area contributed by atoms with E-state index in [1.54, 1.807) is 13.3 Å². The van der Waals surface area contributed by atoms with Gasteiger partial charge in [0, 0.05) is 36.6 Å². The highest BCUT2D eigenvalue weighted by Crippen LogP contribution is 2.28. The Morgan fingerprint density at radius 1 is 1.07 bits per heavy atom. The van der Waals surface area contributed by atoms with E-state index in [0.717, 1.165) is 50.7 Å². The lowest BCUT2D eigenvalue weighted by Gasteiger charge is -2.08. The molecule has 6 heteroatoms. The first-order valence-electron chi connectivity index (χ1n) is 8.66. The molecule has 27 heavy (non-hydrogen) atoms. The van der Waals surface area contributed by atoms with Crippen LogP contribution in [0.4, 0.5) is 5.82 Å². The first kappa shape index (κ1) is 17.4. The third-order valence-corrected chi connectivity index (χ3v) is 4.84. The minimum absolute atomic E-state index is 0.636. The number of hydrogen-bond acceptors (Lipinski definition) is 4. The number of halogens is 1. The summed E-state index contributed by atoms with van der Waals surface area (Å²) in [6.07, 6.45) is 6.35. The van der Waals surface area contributed by atoms with E-state index in [9.17, 15) is 0 Å². The zero-order valence-corrected chi connectivity index (χ0v) is 15.6. The van der Waals surface area contributed by atoms with E-state index < -0.39 is 0 Å². The molecule has 4 rings (SSSR count). The van der Waals surface area contributed by atoms with Gasteiger partial charge in [0.1, 0.15) is 17.2 Å². The van der Waals surface area contributed by atoms with Gasteiger partial charge in [-0.3, -0.25) is 0 Å². The lowest BCUT2D eigenvalue weighted by Crippen LogP contribution is -2.02. The molecule has 0 fully saturated rings. The van der Waals surface area contributed by atoms with E-state index in [4.69, 9.17) is 16.3 Å². The van der Waals surface area contributed by atoms with Crippen LogP contribution in [-0.4, -0.2) is 22.1 Å². The van der Waals surface area contributed by atoms with Crippen LogP contribution in [0.2, 0.25) is 5.02 Å². The van der Waals surface area contributed by atoms with Crippen molar-refractivity contribution in [1.82, 2.24) is 15.0 Å². The molecule has 5 nitrogen and oxygen atoms in total. The van der Waals surface area contributed by atoms with Gasteiger partial charge in [0.25, 0.3) is 0 Å². The van der Waals surface area contributed by atoms with Gasteiger partial charge in [0.15, 0.2) is 0 Å². The summed E-state index contributed by atoms with van der Waals surface area (Å²) in [5.74, 6) is 1.64. The first-order valence-corrected chi connectivity index (χ1v) is 9.03. The van der Waals surface area contributed by atoms with Crippen molar-refractivity contribution < 1.29 is 4.74 Å². The first-order chi connectivity index (χ1) is 13.2. The van der Waals surface area contributed by atoms with Gasteiger partial charge in [-0.25, -0.2) is 9.97 Å². The Balaban J connectivity index is 1.48. The number of fused-ring (bicyclic) bond motifs is 1. The predicted molar refractivity (Wildman–Crippen MR) is 108 cm³/mol. The molecule has 0 unspecified atom stereocenters. The third kappa shape index (κ3) is 3.73. The quantitative estimate of drug-likeness (QED) is 0.504. The maximum atomic E-state index is 6.19. The van der Waals surface area contributed by atoms with Crippen LogP contribution in [0.1, 0.15) is 16.7 Å². The van der Waals surface area contributed by atoms with Gasteiger partial charge in [-0.1, -0.05) is 35.9 Å². The summed E-state index contributed by atoms with van der Waals surface area (Å²) in [5.41, 5.74) is 4.12. The zero-order valence-electron chi connectivity index (χ0n) is 14.9. The molecule has 3 heterocycles. The number of H-pyrrole nitrogens is 1. The van der Waals surface area contributed by atoms with Gasteiger partial charge < -0.3 is 15.0 Å². The molecule has 0 bridgehead atoms. The summed E-state index contributed by atoms with van der Waals surface area (Å²) >= 11 is 6.19. The van der Waals surface area contributed by atoms with E-state index in [1.807, 2.05) is 48.8 Å². The van der Waals surface area contributed by atoms with Crippen molar-refractivity contribution in [3.63, 3.8) is 0 Å². The number of ether oxygens (including phenoxy) is 1. The van der Waals surface area contributed by atoms with Gasteiger partial charge in [0.05, 0.1) is 12.5 Å². The third-order valence-electron chi connectivity index (χ3n) is 4.47. The molecule has 0 saturated carbocycles. The monoisotopic (exact) mass is 378 g/mol. The lowest BCUT2D eigenvalue weighted by atomic mass is 10.1. The SMILES string of the molecule is COc1ccnc2[nH]cc(Cc3ccc(NCc4ccccc4Cl)nc3)c12. The minimum atomic E-state index is 0.636. The summed E-state index contributed by atoms with van der Waals surface area (Å²) in [4.78, 5) is 12.1. The highest BCUT2D eigenvalue weighted by Gasteiger charge is 2.11. The van der Waals surface area contributed by atoms with Gasteiger partial charge in [-0.15, -0.1) is 0 Å². The van der Waals surface area contributed by atoms with Crippen molar-refractivity contribution in [3.05, 3.63) is 82.8 Å². The summed E-state index contributed by atoms with van der Waals surface area (Å²) in [6, 6.07) is 13.7. The summed E-state index contributed by atoms with van der Waals surface area (Å²) in [6.45, 7) is 0.636. The number of nitrogens with zero attached hydrogens (tertiary/aromatic N) is 2. The fourth-order valence-corrected chi connectivity index (χ4v) is 3.28. The van der Waals surface area contributed by atoms with Gasteiger partial charge >= 0.3 is 0 Å². The Labute approximate surface area is 162 Å². The fraction of sp³-hybridized carbons (Fsp3) is 0.143. The topological polar surface area (TPSA) is 62.8 Å². The molecular weight excluding hydrogens is 360 g/mol. The average molecular weight is 379 g/mol. The van der Waals surface area contributed by atoms with E-state index in [1.165, 1.54) is 0 Å². The van der Waals surface area contributed by atoms with Crippen LogP contribution in [0.25, 0.3) is 11.0 Å². The van der Waals surface area contributed by atoms with Crippen LogP contribution < -0.4 is 10.1 Å². The van der Waals surface area contributed by atoms with Gasteiger partial charge in [-0.2, -0.15) is 0 Å². The molecule has 3 aromatic heterocycles. The van der Waals surface area contributed by atoms with Crippen molar-refractivity contribution in [1.29, 1.82) is 0 Å². The highest BCUT2D eigenvalue weighted by molar-refractivity contribution is 6.31. The van der Waals surface area contributed by atoms with Crippen LogP contribution in [-0.2, 0) is 13.0 Å². The van der Waals surface area contributed by atoms with E-state index in [-0.39, 0.29) is 0 Å². The Morgan fingerprint density at radius 2 is 1.96 bits per heavy atom. The van der Waals surface area contributed by atoms with Crippen LogP contribution in [0.15, 0.2) is 61.1 Å². The van der Waals surface area contributed by atoms with E-state index >= 15 is 0 Å². The lowest BCUT2D eigenvalue weighted by molar-refractivity contribution is 0.419. The normalized spacial score (nSPS) is 10.9. The molecule has 0 aliphatic carbocycles. The average Bonchev–Trinajstić information content (AvgIpc) is 3.11. The fourth-order valence-electron chi connectivity index (χ4n) is 3.08. The maximum Gasteiger partial charge on any atom is 0.141 e. The van der Waals surface area contributed by atoms with Crippen LogP contribution >= 0.6 is 11.6 Å². The predicted octanol–water partition coefficient (Wildman–Crippen LogP) is 4.82. The van der Waals surface area contributed by atoms with Crippen LogP contribution in [0, 0.1) is 0 Å². The molecule has 2 N–H and O–H groups in total. The Bertz CT molecular complexity index is 1060. The van der Waals surface area contributed by atoms with Crippen LogP contribution in [0.5, 0.6) is 5.75 Å². The number of hydrogen-bond donors (Lipinski definition) is 2. The minimum Gasteiger partial charge on any atom is -0.496 e. The number of anilines is 1. The van der Waals surface area contributed by atoms with E-state index in [0.29, 0.717) is 6.54 Å². The molecule has 0 radical (unpaired) electrons. The Kier molecular flexibility index (Phi) is 4.94. The largest absolute Gasteiger partial charge is 0.496 e. The molecule has 136 valence electrons. The number of aromatic nitrogens is 3. The van der Waals surface area contributed by atoms with Crippen molar-refractivity contribution in [3.8, 4) is 5.75 Å². The van der Waals surface area contributed by atoms with E-state index in [2.05, 4.69) is 26.3 Å². The van der Waals surface area contributed by atoms with Gasteiger partial charge in [-0.05, 0) is 34.9 Å². The smallest absolute Gasteiger partial charge is 0.141 e. The Morgan fingerprint density at radius 3 is 2.74 bits per heavy atom. The summed E-state index contributed by atoms with van der Waals surface area (Å²) in [7, 11) is 1.67. The number of pyridine rings is 2. The molecular formula is C21H19ClN4O. The van der Waals surface area contributed by atoms with Crippen molar-refractivity contribution in [2.24, 2.45) is 0 Å². The molecule has 0 spiro atoms. The summed E-state index contributed by atoms with van der Waals surface area (Å²) < 4.78 is 5.47. The molecule has 4 aromatic rings. The highest BCUT2D eigenvalue weighted by atomic mass is 35.5. The maximum absolute atomic E-state index is 6.19. The standard InChI is InChI=1S/C21H19ClN4O/c1-27-18-8-9-23-21-20(18)16(13-26-21)10-14-6-7-19(24-11-14)25-12-15-4-2-3-5-17(15)22/h2-9,11,13H,10,12H2,1H3,(H,23,26)(H,24,25). The summed E-state index contributed by atoms with van der Waals surface area (Å²) in [5, 5.41) is 5.07. The number of aromatic amines is 1. The molecule has 0 aliphatic rings. The second kappa shape index (κ2) is 7.68. The van der Waals surface area contributed by atoms with Crippen molar-refractivity contribution in [2.45, 2.75) is 13.0 Å². The van der Waals surface area contributed by atoms with Gasteiger partial charge in [0.2, 0.25) is 0 Å². The van der Waals surface area contributed by atoms with Crippen molar-refractivity contribution >= 4 is 28.5 Å². The van der Waals surface area contributed by atoms with Crippen molar-refractivity contribution in [2.75, 3.05) is 12.4 Å². The molecule has 0 atom stereocenters. The number of rotatable bonds is 6.